The van der Waals surface area contributed by atoms with Crippen LogP contribution >= 0.6 is 0 Å². The molecule has 1 unspecified atom stereocenters. The van der Waals surface area contributed by atoms with Crippen molar-refractivity contribution >= 4 is 21.6 Å². The number of fused-ring (bicyclic) bond motifs is 1. The van der Waals surface area contributed by atoms with Crippen molar-refractivity contribution in [3.8, 4) is 11.5 Å². The average Bonchev–Trinajstić information content (AvgIpc) is 2.66. The number of nitrogens with zero attached hydrogens (tertiary/aromatic N) is 2. The van der Waals surface area contributed by atoms with Gasteiger partial charge < -0.3 is 14.4 Å². The number of ether oxygens (including phenoxy) is 2. The van der Waals surface area contributed by atoms with E-state index in [2.05, 4.69) is 0 Å². The number of rotatable bonds is 5. The fourth-order valence-corrected chi connectivity index (χ4v) is 3.97. The number of carbonyl (C=O) groups excluding carboxylic acids is 1. The van der Waals surface area contributed by atoms with Gasteiger partial charge in [-0.1, -0.05) is 30.3 Å². The lowest BCUT2D eigenvalue weighted by Gasteiger charge is -2.35. The maximum atomic E-state index is 12.9. The smallest absolute Gasteiger partial charge is 0.265 e. The highest BCUT2D eigenvalue weighted by molar-refractivity contribution is 7.92. The molecule has 1 aliphatic heterocycles. The summed E-state index contributed by atoms with van der Waals surface area (Å²) >= 11 is 0. The van der Waals surface area contributed by atoms with E-state index in [1.165, 1.54) is 9.21 Å². The molecule has 2 aromatic carbocycles. The van der Waals surface area contributed by atoms with Gasteiger partial charge in [0.25, 0.3) is 5.91 Å². The lowest BCUT2D eigenvalue weighted by atomic mass is 10.1. The van der Waals surface area contributed by atoms with Crippen LogP contribution in [0.15, 0.2) is 48.5 Å². The predicted octanol–water partition coefficient (Wildman–Crippen LogP) is 1.88. The highest BCUT2D eigenvalue weighted by Crippen LogP contribution is 2.35. The van der Waals surface area contributed by atoms with Crippen molar-refractivity contribution in [2.24, 2.45) is 0 Å². The Balaban J connectivity index is 1.83. The van der Waals surface area contributed by atoms with Gasteiger partial charge in [-0.2, -0.15) is 0 Å². The molecule has 1 heterocycles. The number of amides is 1. The van der Waals surface area contributed by atoms with Crippen LogP contribution in [-0.4, -0.2) is 52.3 Å². The molecular formula is C19H22N2O5S. The Morgan fingerprint density at radius 2 is 1.89 bits per heavy atom. The topological polar surface area (TPSA) is 76.2 Å². The van der Waals surface area contributed by atoms with Gasteiger partial charge >= 0.3 is 0 Å². The minimum atomic E-state index is -3.54. The summed E-state index contributed by atoms with van der Waals surface area (Å²) < 4.78 is 36.7. The maximum absolute atomic E-state index is 12.9. The maximum Gasteiger partial charge on any atom is 0.265 e. The van der Waals surface area contributed by atoms with E-state index < -0.39 is 16.1 Å². The predicted molar refractivity (Wildman–Crippen MR) is 103 cm³/mol. The van der Waals surface area contributed by atoms with Gasteiger partial charge in [0, 0.05) is 19.2 Å². The van der Waals surface area contributed by atoms with Crippen LogP contribution in [0.1, 0.15) is 5.56 Å². The van der Waals surface area contributed by atoms with Gasteiger partial charge in [-0.25, -0.2) is 8.42 Å². The molecule has 1 atom stereocenters. The fourth-order valence-electron chi connectivity index (χ4n) is 3.06. The molecule has 0 aromatic heterocycles. The summed E-state index contributed by atoms with van der Waals surface area (Å²) in [5.74, 6) is 0.757. The van der Waals surface area contributed by atoms with Crippen LogP contribution in [0.3, 0.4) is 0 Å². The van der Waals surface area contributed by atoms with Crippen molar-refractivity contribution in [2.75, 3.05) is 31.3 Å². The Bertz CT molecular complexity index is 945. The third-order valence-corrected chi connectivity index (χ3v) is 5.53. The van der Waals surface area contributed by atoms with Gasteiger partial charge in [0.1, 0.15) is 11.5 Å². The van der Waals surface area contributed by atoms with E-state index in [0.717, 1.165) is 11.8 Å². The molecular weight excluding hydrogens is 368 g/mol. The molecule has 3 rings (SSSR count). The molecule has 0 aliphatic carbocycles. The van der Waals surface area contributed by atoms with Gasteiger partial charge in [0.2, 0.25) is 10.0 Å². The summed E-state index contributed by atoms with van der Waals surface area (Å²) in [6.45, 7) is 0.258. The number of anilines is 1. The molecule has 0 fully saturated rings. The van der Waals surface area contributed by atoms with Crippen molar-refractivity contribution in [3.63, 3.8) is 0 Å². The highest BCUT2D eigenvalue weighted by Gasteiger charge is 2.36. The summed E-state index contributed by atoms with van der Waals surface area (Å²) in [6, 6.07) is 14.2. The molecule has 0 N–H and O–H groups in total. The quantitative estimate of drug-likeness (QED) is 0.779. The normalized spacial score (nSPS) is 16.3. The SMILES string of the molecule is COc1ccccc1CN(C)C(=O)C1CN(S(C)(=O)=O)c2ccccc2O1. The lowest BCUT2D eigenvalue weighted by molar-refractivity contribution is -0.137. The molecule has 7 nitrogen and oxygen atoms in total. The first-order valence-electron chi connectivity index (χ1n) is 8.41. The molecule has 0 bridgehead atoms. The van der Waals surface area contributed by atoms with Crippen LogP contribution in [0.2, 0.25) is 0 Å². The largest absolute Gasteiger partial charge is 0.496 e. The Morgan fingerprint density at radius 1 is 1.22 bits per heavy atom. The van der Waals surface area contributed by atoms with Crippen molar-refractivity contribution < 1.29 is 22.7 Å². The van der Waals surface area contributed by atoms with E-state index in [-0.39, 0.29) is 12.5 Å². The van der Waals surface area contributed by atoms with Gasteiger partial charge in [-0.15, -0.1) is 0 Å². The first-order valence-corrected chi connectivity index (χ1v) is 10.3. The fraction of sp³-hybridized carbons (Fsp3) is 0.316. The molecule has 27 heavy (non-hydrogen) atoms. The van der Waals surface area contributed by atoms with E-state index in [1.807, 2.05) is 24.3 Å². The summed E-state index contributed by atoms with van der Waals surface area (Å²) in [5, 5.41) is 0. The van der Waals surface area contributed by atoms with Gasteiger partial charge in [-0.05, 0) is 18.2 Å². The van der Waals surface area contributed by atoms with E-state index >= 15 is 0 Å². The molecule has 144 valence electrons. The Hall–Kier alpha value is -2.74. The third-order valence-electron chi connectivity index (χ3n) is 4.39. The van der Waals surface area contributed by atoms with E-state index in [4.69, 9.17) is 9.47 Å². The second-order valence-electron chi connectivity index (χ2n) is 6.37. The standard InChI is InChI=1S/C19H22N2O5S/c1-20(12-14-8-4-6-10-16(14)25-2)19(22)18-13-21(27(3,23)24)15-9-5-7-11-17(15)26-18/h4-11,18H,12-13H2,1-3H3. The van der Waals surface area contributed by atoms with Gasteiger partial charge in [0.05, 0.1) is 25.6 Å². The molecule has 2 aromatic rings. The van der Waals surface area contributed by atoms with E-state index in [1.54, 1.807) is 38.4 Å². The van der Waals surface area contributed by atoms with Crippen LogP contribution in [0.25, 0.3) is 0 Å². The van der Waals surface area contributed by atoms with Gasteiger partial charge in [0.15, 0.2) is 6.10 Å². The number of methoxy groups -OCH3 is 1. The monoisotopic (exact) mass is 390 g/mol. The van der Waals surface area contributed by atoms with Crippen molar-refractivity contribution in [1.29, 1.82) is 0 Å². The van der Waals surface area contributed by atoms with Crippen molar-refractivity contribution in [1.82, 2.24) is 4.90 Å². The number of hydrogen-bond donors (Lipinski definition) is 0. The number of benzene rings is 2. The third kappa shape index (κ3) is 4.00. The minimum absolute atomic E-state index is 0.0645. The van der Waals surface area contributed by atoms with E-state index in [0.29, 0.717) is 23.7 Å². The summed E-state index contributed by atoms with van der Waals surface area (Å²) in [4.78, 5) is 14.4. The second-order valence-corrected chi connectivity index (χ2v) is 8.28. The van der Waals surface area contributed by atoms with Crippen LogP contribution in [0.4, 0.5) is 5.69 Å². The molecule has 1 amide bonds. The number of sulfonamides is 1. The minimum Gasteiger partial charge on any atom is -0.496 e. The first-order chi connectivity index (χ1) is 12.8. The number of likely N-dealkylation sites (N-methyl/N-ethyl adjacent to an activating group) is 1. The molecule has 0 saturated heterocycles. The van der Waals surface area contributed by atoms with Crippen LogP contribution in [-0.2, 0) is 21.4 Å². The zero-order valence-electron chi connectivity index (χ0n) is 15.5. The molecule has 0 saturated carbocycles. The number of hydrogen-bond acceptors (Lipinski definition) is 5. The summed E-state index contributed by atoms with van der Waals surface area (Å²) in [7, 11) is -0.307. The van der Waals surface area contributed by atoms with Crippen LogP contribution < -0.4 is 13.8 Å². The number of para-hydroxylation sites is 3. The average molecular weight is 390 g/mol. The number of carbonyl (C=O) groups is 1. The van der Waals surface area contributed by atoms with Crippen molar-refractivity contribution in [2.45, 2.75) is 12.6 Å². The lowest BCUT2D eigenvalue weighted by Crippen LogP contribution is -2.50. The molecule has 0 radical (unpaired) electrons. The zero-order chi connectivity index (χ0) is 19.6. The van der Waals surface area contributed by atoms with E-state index in [9.17, 15) is 13.2 Å². The summed E-state index contributed by atoms with van der Waals surface area (Å²) in [5.41, 5.74) is 1.29. The molecule has 0 spiro atoms. The second kappa shape index (κ2) is 7.48. The highest BCUT2D eigenvalue weighted by atomic mass is 32.2. The van der Waals surface area contributed by atoms with Crippen LogP contribution in [0.5, 0.6) is 11.5 Å². The molecule has 1 aliphatic rings. The summed E-state index contributed by atoms with van der Waals surface area (Å²) in [6.07, 6.45) is 0.198. The Labute approximate surface area is 159 Å². The zero-order valence-corrected chi connectivity index (χ0v) is 16.3. The van der Waals surface area contributed by atoms with Crippen molar-refractivity contribution in [3.05, 3.63) is 54.1 Å². The van der Waals surface area contributed by atoms with Crippen LogP contribution in [0, 0.1) is 0 Å². The first kappa shape index (κ1) is 19.0. The molecule has 8 heteroatoms. The van der Waals surface area contributed by atoms with Gasteiger partial charge in [-0.3, -0.25) is 9.10 Å². The Morgan fingerprint density at radius 3 is 2.59 bits per heavy atom. The Kier molecular flexibility index (Phi) is 5.27.